The lowest BCUT2D eigenvalue weighted by molar-refractivity contribution is 0.139. The van der Waals surface area contributed by atoms with E-state index in [1.54, 1.807) is 18.6 Å². The summed E-state index contributed by atoms with van der Waals surface area (Å²) in [5.74, 6) is 2.24. The van der Waals surface area contributed by atoms with Gasteiger partial charge in [0.1, 0.15) is 11.5 Å². The van der Waals surface area contributed by atoms with Crippen molar-refractivity contribution in [2.24, 2.45) is 5.92 Å². The van der Waals surface area contributed by atoms with E-state index in [9.17, 15) is 5.11 Å². The van der Waals surface area contributed by atoms with E-state index in [-0.39, 0.29) is 12.0 Å². The molecule has 0 unspecified atom stereocenters. The highest BCUT2D eigenvalue weighted by Gasteiger charge is 2.32. The van der Waals surface area contributed by atoms with Gasteiger partial charge < -0.3 is 9.52 Å². The molecule has 0 saturated carbocycles. The molecule has 3 rings (SSSR count). The molecule has 1 fully saturated rings. The minimum absolute atomic E-state index is 0.210. The minimum atomic E-state index is -0.313. The molecule has 1 aliphatic rings. The molecule has 1 saturated heterocycles. The number of furan rings is 1. The maximum atomic E-state index is 10.3. The zero-order chi connectivity index (χ0) is 15.4. The quantitative estimate of drug-likeness (QED) is 0.885. The lowest BCUT2D eigenvalue weighted by Crippen LogP contribution is -2.21. The Morgan fingerprint density at radius 1 is 1.27 bits per heavy atom. The predicted octanol–water partition coefficient (Wildman–Crippen LogP) is 2.06. The number of aromatic nitrogens is 2. The summed E-state index contributed by atoms with van der Waals surface area (Å²) in [5, 5.41) is 10.3. The van der Waals surface area contributed by atoms with Gasteiger partial charge in [-0.05, 0) is 25.0 Å². The van der Waals surface area contributed by atoms with E-state index in [0.29, 0.717) is 6.54 Å². The van der Waals surface area contributed by atoms with E-state index in [4.69, 9.17) is 4.42 Å². The molecular weight excluding hydrogens is 278 g/mol. The van der Waals surface area contributed by atoms with E-state index >= 15 is 0 Å². The normalized spacial score (nSPS) is 22.3. The molecule has 5 nitrogen and oxygen atoms in total. The van der Waals surface area contributed by atoms with Gasteiger partial charge in [-0.3, -0.25) is 14.9 Å². The number of rotatable bonds is 6. The van der Waals surface area contributed by atoms with Crippen LogP contribution in [0.5, 0.6) is 0 Å². The molecule has 0 aliphatic carbocycles. The first-order valence-corrected chi connectivity index (χ1v) is 7.97. The van der Waals surface area contributed by atoms with Crippen LogP contribution in [0.25, 0.3) is 0 Å². The molecule has 1 N–H and O–H groups in total. The molecule has 1 aliphatic heterocycles. The van der Waals surface area contributed by atoms with Gasteiger partial charge in [-0.2, -0.15) is 0 Å². The fourth-order valence-electron chi connectivity index (χ4n) is 3.08. The summed E-state index contributed by atoms with van der Waals surface area (Å²) in [4.78, 5) is 10.6. The molecule has 2 aromatic heterocycles. The maximum absolute atomic E-state index is 10.3. The van der Waals surface area contributed by atoms with Crippen molar-refractivity contribution in [1.82, 2.24) is 14.9 Å². The molecule has 2 atom stereocenters. The fourth-order valence-corrected chi connectivity index (χ4v) is 3.08. The van der Waals surface area contributed by atoms with Crippen LogP contribution in [0.1, 0.15) is 30.6 Å². The molecule has 0 bridgehead atoms. The molecule has 0 amide bonds. The van der Waals surface area contributed by atoms with E-state index in [2.05, 4.69) is 27.9 Å². The number of β-amino-alcohol motifs (C(OH)–C–C–N with tert-alkyl or cyclic N) is 1. The van der Waals surface area contributed by atoms with Crippen LogP contribution in [-0.2, 0) is 19.4 Å². The second kappa shape index (κ2) is 7.03. The van der Waals surface area contributed by atoms with Gasteiger partial charge in [0.15, 0.2) is 0 Å². The second-order valence-corrected chi connectivity index (χ2v) is 6.04. The average Bonchev–Trinajstić information content (AvgIpc) is 3.08. The third-order valence-corrected chi connectivity index (χ3v) is 4.16. The molecule has 0 aromatic carbocycles. The largest absolute Gasteiger partial charge is 0.465 e. The zero-order valence-corrected chi connectivity index (χ0v) is 13.0. The molecule has 0 spiro atoms. The monoisotopic (exact) mass is 301 g/mol. The Hall–Kier alpha value is -1.72. The Balaban J connectivity index is 1.55. The standard InChI is InChI=1S/C17H23N3O2/c1-2-3-15-4-5-16(22-15)11-20-10-13(17(21)12-20)8-14-9-18-6-7-19-14/h4-7,9,13,17,21H,2-3,8,10-12H2,1H3/t13-,17-/m1/s1. The number of aliphatic hydroxyl groups is 1. The van der Waals surface area contributed by atoms with Gasteiger partial charge in [0.2, 0.25) is 0 Å². The fraction of sp³-hybridized carbons (Fsp3) is 0.529. The first-order chi connectivity index (χ1) is 10.7. The first kappa shape index (κ1) is 15.2. The van der Waals surface area contributed by atoms with Crippen molar-refractivity contribution in [3.63, 3.8) is 0 Å². The average molecular weight is 301 g/mol. The van der Waals surface area contributed by atoms with E-state index in [1.165, 1.54) is 0 Å². The minimum Gasteiger partial charge on any atom is -0.465 e. The molecule has 22 heavy (non-hydrogen) atoms. The van der Waals surface area contributed by atoms with Crippen LogP contribution < -0.4 is 0 Å². The zero-order valence-electron chi connectivity index (χ0n) is 13.0. The van der Waals surface area contributed by atoms with Crippen LogP contribution in [0.4, 0.5) is 0 Å². The van der Waals surface area contributed by atoms with Crippen LogP contribution in [0.3, 0.4) is 0 Å². The van der Waals surface area contributed by atoms with E-state index in [1.807, 2.05) is 6.07 Å². The highest BCUT2D eigenvalue weighted by Crippen LogP contribution is 2.23. The highest BCUT2D eigenvalue weighted by atomic mass is 16.3. The summed E-state index contributed by atoms with van der Waals surface area (Å²) < 4.78 is 5.83. The molecule has 5 heteroatoms. The van der Waals surface area contributed by atoms with Gasteiger partial charge in [0, 0.05) is 44.0 Å². The summed E-state index contributed by atoms with van der Waals surface area (Å²) in [6.07, 6.45) is 7.68. The molecular formula is C17H23N3O2. The van der Waals surface area contributed by atoms with Crippen LogP contribution in [0.15, 0.2) is 35.1 Å². The third-order valence-electron chi connectivity index (χ3n) is 4.16. The Morgan fingerprint density at radius 3 is 2.91 bits per heavy atom. The number of aliphatic hydroxyl groups excluding tert-OH is 1. The van der Waals surface area contributed by atoms with Crippen molar-refractivity contribution >= 4 is 0 Å². The Bertz CT molecular complexity index is 585. The van der Waals surface area contributed by atoms with Crippen molar-refractivity contribution in [3.8, 4) is 0 Å². The van der Waals surface area contributed by atoms with Crippen molar-refractivity contribution in [1.29, 1.82) is 0 Å². The Labute approximate surface area is 131 Å². The molecule has 0 radical (unpaired) electrons. The van der Waals surface area contributed by atoms with Crippen molar-refractivity contribution in [2.75, 3.05) is 13.1 Å². The van der Waals surface area contributed by atoms with Gasteiger partial charge in [-0.15, -0.1) is 0 Å². The van der Waals surface area contributed by atoms with E-state index < -0.39 is 0 Å². The SMILES string of the molecule is CCCc1ccc(CN2C[C@@H](Cc3cnccn3)[C@H](O)C2)o1. The van der Waals surface area contributed by atoms with Gasteiger partial charge in [0.25, 0.3) is 0 Å². The van der Waals surface area contributed by atoms with Crippen LogP contribution in [0.2, 0.25) is 0 Å². The smallest absolute Gasteiger partial charge is 0.118 e. The first-order valence-electron chi connectivity index (χ1n) is 7.97. The second-order valence-electron chi connectivity index (χ2n) is 6.04. The summed E-state index contributed by atoms with van der Waals surface area (Å²) >= 11 is 0. The summed E-state index contributed by atoms with van der Waals surface area (Å²) in [6, 6.07) is 4.11. The number of nitrogens with zero attached hydrogens (tertiary/aromatic N) is 3. The summed E-state index contributed by atoms with van der Waals surface area (Å²) in [5.41, 5.74) is 0.941. The molecule has 118 valence electrons. The topological polar surface area (TPSA) is 62.4 Å². The number of aryl methyl sites for hydroxylation is 1. The van der Waals surface area contributed by atoms with Crippen LogP contribution in [-0.4, -0.2) is 39.2 Å². The Morgan fingerprint density at radius 2 is 2.14 bits per heavy atom. The lowest BCUT2D eigenvalue weighted by atomic mass is 10.0. The lowest BCUT2D eigenvalue weighted by Gasteiger charge is -2.13. The van der Waals surface area contributed by atoms with Gasteiger partial charge in [0.05, 0.1) is 18.3 Å². The van der Waals surface area contributed by atoms with Crippen molar-refractivity contribution in [2.45, 2.75) is 38.8 Å². The van der Waals surface area contributed by atoms with Crippen LogP contribution >= 0.6 is 0 Å². The number of hydrogen-bond acceptors (Lipinski definition) is 5. The Kier molecular flexibility index (Phi) is 4.85. The van der Waals surface area contributed by atoms with Gasteiger partial charge >= 0.3 is 0 Å². The maximum Gasteiger partial charge on any atom is 0.118 e. The molecule has 2 aromatic rings. The van der Waals surface area contributed by atoms with Gasteiger partial charge in [-0.25, -0.2) is 0 Å². The number of likely N-dealkylation sites (tertiary alicyclic amines) is 1. The van der Waals surface area contributed by atoms with E-state index in [0.717, 1.165) is 49.6 Å². The van der Waals surface area contributed by atoms with Gasteiger partial charge in [-0.1, -0.05) is 6.92 Å². The van der Waals surface area contributed by atoms with Crippen molar-refractivity contribution in [3.05, 3.63) is 47.9 Å². The number of hydrogen-bond donors (Lipinski definition) is 1. The van der Waals surface area contributed by atoms with Crippen LogP contribution in [0, 0.1) is 5.92 Å². The molecule has 3 heterocycles. The highest BCUT2D eigenvalue weighted by molar-refractivity contribution is 5.08. The summed E-state index contributed by atoms with van der Waals surface area (Å²) in [7, 11) is 0. The predicted molar refractivity (Wildman–Crippen MR) is 83.2 cm³/mol. The third kappa shape index (κ3) is 3.72. The summed E-state index contributed by atoms with van der Waals surface area (Å²) in [6.45, 7) is 4.46. The van der Waals surface area contributed by atoms with Crippen molar-refractivity contribution < 1.29 is 9.52 Å².